The largest absolute Gasteiger partial charge is 0.460 e. The van der Waals surface area contributed by atoms with Crippen LogP contribution in [0, 0.1) is 6.92 Å². The Kier molecular flexibility index (Phi) is 4.02. The summed E-state index contributed by atoms with van der Waals surface area (Å²) in [5.74, 6) is -2.37. The number of aryl methyl sites for hydroxylation is 1. The summed E-state index contributed by atoms with van der Waals surface area (Å²) in [7, 11) is 0. The van der Waals surface area contributed by atoms with Gasteiger partial charge >= 0.3 is 12.1 Å². The molecule has 0 fully saturated rings. The number of carbonyl (C=O) groups is 1. The first-order valence-electron chi connectivity index (χ1n) is 6.15. The number of carbonyl (C=O) groups excluding carboxylic acids is 1. The molecule has 112 valence electrons. The van der Waals surface area contributed by atoms with Crippen LogP contribution in [-0.2, 0) is 10.9 Å². The van der Waals surface area contributed by atoms with Gasteiger partial charge in [-0.15, -0.1) is 0 Å². The van der Waals surface area contributed by atoms with E-state index in [-0.39, 0.29) is 12.5 Å². The van der Waals surface area contributed by atoms with Gasteiger partial charge in [0.05, 0.1) is 6.61 Å². The fourth-order valence-electron chi connectivity index (χ4n) is 1.78. The highest BCUT2D eigenvalue weighted by Gasteiger charge is 2.42. The summed E-state index contributed by atoms with van der Waals surface area (Å²) in [6.45, 7) is 3.14. The fraction of sp³-hybridized carbons (Fsp3) is 0.286. The van der Waals surface area contributed by atoms with Gasteiger partial charge in [-0.3, -0.25) is 0 Å². The van der Waals surface area contributed by atoms with E-state index < -0.39 is 23.6 Å². The summed E-state index contributed by atoms with van der Waals surface area (Å²) < 4.78 is 48.4. The number of nitrogens with zero attached hydrogens (tertiary/aromatic N) is 1. The van der Waals surface area contributed by atoms with Crippen LogP contribution in [0.2, 0.25) is 0 Å². The molecule has 0 radical (unpaired) electrons. The normalized spacial score (nSPS) is 11.5. The zero-order chi connectivity index (χ0) is 15.6. The molecule has 0 saturated heterocycles. The third-order valence-corrected chi connectivity index (χ3v) is 2.73. The van der Waals surface area contributed by atoms with Crippen molar-refractivity contribution in [2.24, 2.45) is 0 Å². The second kappa shape index (κ2) is 5.59. The lowest BCUT2D eigenvalue weighted by Gasteiger charge is -2.03. The van der Waals surface area contributed by atoms with Crippen molar-refractivity contribution in [1.82, 2.24) is 4.98 Å². The third-order valence-electron chi connectivity index (χ3n) is 2.73. The van der Waals surface area contributed by atoms with E-state index in [1.54, 1.807) is 31.2 Å². The zero-order valence-electron chi connectivity index (χ0n) is 11.3. The maximum Gasteiger partial charge on any atom is 0.437 e. The zero-order valence-corrected chi connectivity index (χ0v) is 11.3. The number of hydrogen-bond donors (Lipinski definition) is 0. The number of aromatic nitrogens is 1. The Bertz CT molecular complexity index is 662. The molecule has 0 aliphatic rings. The van der Waals surface area contributed by atoms with Gasteiger partial charge in [0.25, 0.3) is 0 Å². The van der Waals surface area contributed by atoms with E-state index in [0.717, 1.165) is 0 Å². The minimum Gasteiger partial charge on any atom is -0.460 e. The first kappa shape index (κ1) is 15.1. The number of oxazole rings is 1. The number of benzene rings is 1. The lowest BCUT2D eigenvalue weighted by molar-refractivity contribution is -0.141. The standard InChI is InChI=1S/C14H12F3NO3/c1-3-20-13(19)10-11(14(15,16)17)18-12(21-10)9-7-5-4-6-8(9)2/h4-7H,3H2,1-2H3. The molecule has 7 heteroatoms. The Hall–Kier alpha value is -2.31. The minimum atomic E-state index is -4.80. The van der Waals surface area contributed by atoms with E-state index in [9.17, 15) is 18.0 Å². The first-order chi connectivity index (χ1) is 9.84. The molecule has 0 amide bonds. The molecule has 0 atom stereocenters. The molecule has 1 aromatic carbocycles. The average molecular weight is 299 g/mol. The predicted molar refractivity (Wildman–Crippen MR) is 67.6 cm³/mol. The van der Waals surface area contributed by atoms with Gasteiger partial charge in [-0.1, -0.05) is 18.2 Å². The number of alkyl halides is 3. The number of hydrogen-bond acceptors (Lipinski definition) is 4. The molecule has 2 aromatic rings. The quantitative estimate of drug-likeness (QED) is 0.808. The van der Waals surface area contributed by atoms with E-state index in [1.165, 1.54) is 6.92 Å². The molecular formula is C14H12F3NO3. The van der Waals surface area contributed by atoms with Gasteiger partial charge in [0.2, 0.25) is 11.7 Å². The summed E-state index contributed by atoms with van der Waals surface area (Å²) in [4.78, 5) is 15.0. The van der Waals surface area contributed by atoms with Gasteiger partial charge in [0.1, 0.15) is 0 Å². The summed E-state index contributed by atoms with van der Waals surface area (Å²) in [5.41, 5.74) is -0.305. The Morgan fingerprint density at radius 1 is 1.33 bits per heavy atom. The van der Waals surface area contributed by atoms with Crippen LogP contribution < -0.4 is 0 Å². The Labute approximate surface area is 118 Å². The number of ether oxygens (including phenoxy) is 1. The maximum absolute atomic E-state index is 12.9. The monoisotopic (exact) mass is 299 g/mol. The van der Waals surface area contributed by atoms with Crippen molar-refractivity contribution in [2.75, 3.05) is 6.61 Å². The van der Waals surface area contributed by atoms with E-state index in [1.807, 2.05) is 0 Å². The van der Waals surface area contributed by atoms with Crippen LogP contribution in [0.4, 0.5) is 13.2 Å². The van der Waals surface area contributed by atoms with Gasteiger partial charge in [0.15, 0.2) is 5.69 Å². The fourth-order valence-corrected chi connectivity index (χ4v) is 1.78. The Balaban J connectivity index is 2.56. The molecule has 0 spiro atoms. The van der Waals surface area contributed by atoms with Crippen molar-refractivity contribution in [2.45, 2.75) is 20.0 Å². The highest BCUT2D eigenvalue weighted by Crippen LogP contribution is 2.35. The van der Waals surface area contributed by atoms with Crippen LogP contribution in [0.3, 0.4) is 0 Å². The molecule has 2 rings (SSSR count). The summed E-state index contributed by atoms with van der Waals surface area (Å²) in [5, 5.41) is 0. The molecule has 0 N–H and O–H groups in total. The topological polar surface area (TPSA) is 52.3 Å². The van der Waals surface area contributed by atoms with Crippen LogP contribution >= 0.6 is 0 Å². The molecule has 0 aliphatic heterocycles. The van der Waals surface area contributed by atoms with E-state index in [2.05, 4.69) is 9.72 Å². The van der Waals surface area contributed by atoms with Crippen molar-refractivity contribution >= 4 is 5.97 Å². The molecule has 0 bridgehead atoms. The molecule has 21 heavy (non-hydrogen) atoms. The predicted octanol–water partition coefficient (Wildman–Crippen LogP) is 3.85. The molecule has 0 unspecified atom stereocenters. The van der Waals surface area contributed by atoms with Crippen molar-refractivity contribution in [3.8, 4) is 11.5 Å². The Morgan fingerprint density at radius 2 is 2.00 bits per heavy atom. The van der Waals surface area contributed by atoms with E-state index in [0.29, 0.717) is 11.1 Å². The van der Waals surface area contributed by atoms with Gasteiger partial charge in [-0.25, -0.2) is 9.78 Å². The van der Waals surface area contributed by atoms with Crippen molar-refractivity contribution in [3.05, 3.63) is 41.3 Å². The SMILES string of the molecule is CCOC(=O)c1oc(-c2ccccc2C)nc1C(F)(F)F. The van der Waals surface area contributed by atoms with Crippen LogP contribution in [-0.4, -0.2) is 17.6 Å². The molecule has 0 saturated carbocycles. The number of rotatable bonds is 3. The van der Waals surface area contributed by atoms with E-state index >= 15 is 0 Å². The van der Waals surface area contributed by atoms with Crippen LogP contribution in [0.25, 0.3) is 11.5 Å². The van der Waals surface area contributed by atoms with Crippen LogP contribution in [0.1, 0.15) is 28.7 Å². The lowest BCUT2D eigenvalue weighted by atomic mass is 10.1. The van der Waals surface area contributed by atoms with Crippen molar-refractivity contribution < 1.29 is 27.1 Å². The lowest BCUT2D eigenvalue weighted by Crippen LogP contribution is -2.14. The van der Waals surface area contributed by atoms with Gasteiger partial charge in [0, 0.05) is 5.56 Å². The molecule has 4 nitrogen and oxygen atoms in total. The Morgan fingerprint density at radius 3 is 2.57 bits per heavy atom. The third kappa shape index (κ3) is 3.07. The molecule has 0 aliphatic carbocycles. The molecular weight excluding hydrogens is 287 g/mol. The van der Waals surface area contributed by atoms with Gasteiger partial charge in [-0.05, 0) is 25.5 Å². The average Bonchev–Trinajstić information content (AvgIpc) is 2.84. The van der Waals surface area contributed by atoms with Crippen LogP contribution in [0.15, 0.2) is 28.7 Å². The highest BCUT2D eigenvalue weighted by molar-refractivity contribution is 5.88. The molecule has 1 heterocycles. The minimum absolute atomic E-state index is 0.0590. The van der Waals surface area contributed by atoms with Crippen LogP contribution in [0.5, 0.6) is 0 Å². The number of halogens is 3. The molecule has 1 aromatic heterocycles. The van der Waals surface area contributed by atoms with Crippen molar-refractivity contribution in [3.63, 3.8) is 0 Å². The first-order valence-corrected chi connectivity index (χ1v) is 6.15. The van der Waals surface area contributed by atoms with E-state index in [4.69, 9.17) is 4.42 Å². The smallest absolute Gasteiger partial charge is 0.437 e. The summed E-state index contributed by atoms with van der Waals surface area (Å²) in [6, 6.07) is 6.65. The van der Waals surface area contributed by atoms with Gasteiger partial charge in [-0.2, -0.15) is 13.2 Å². The second-order valence-corrected chi connectivity index (χ2v) is 4.23. The maximum atomic E-state index is 12.9. The number of esters is 1. The highest BCUT2D eigenvalue weighted by atomic mass is 19.4. The van der Waals surface area contributed by atoms with Crippen molar-refractivity contribution in [1.29, 1.82) is 0 Å². The summed E-state index contributed by atoms with van der Waals surface area (Å²) in [6.07, 6.45) is -4.80. The van der Waals surface area contributed by atoms with Gasteiger partial charge < -0.3 is 9.15 Å². The second-order valence-electron chi connectivity index (χ2n) is 4.23. The summed E-state index contributed by atoms with van der Waals surface area (Å²) >= 11 is 0.